The predicted molar refractivity (Wildman–Crippen MR) is 59.1 cm³/mol. The average Bonchev–Trinajstić information content (AvgIpc) is 2.00. The van der Waals surface area contributed by atoms with Gasteiger partial charge < -0.3 is 5.73 Å². The summed E-state index contributed by atoms with van der Waals surface area (Å²) in [6.45, 7) is 4.39. The number of rotatable bonds is 6. The summed E-state index contributed by atoms with van der Waals surface area (Å²) in [5, 5.41) is 0. The molecule has 0 heterocycles. The van der Waals surface area contributed by atoms with Gasteiger partial charge in [-0.3, -0.25) is 4.79 Å². The Balaban J connectivity index is 2.10. The van der Waals surface area contributed by atoms with Crippen molar-refractivity contribution in [1.29, 1.82) is 0 Å². The number of hydrogen-bond donors (Lipinski definition) is 1. The topological polar surface area (TPSA) is 43.1 Å². The molecular weight excluding hydrogens is 174 g/mol. The third-order valence-corrected chi connectivity index (χ3v) is 3.14. The lowest BCUT2D eigenvalue weighted by Crippen LogP contribution is -2.48. The van der Waals surface area contributed by atoms with Gasteiger partial charge in [-0.1, -0.05) is 20.3 Å². The van der Waals surface area contributed by atoms with Gasteiger partial charge >= 0.3 is 0 Å². The lowest BCUT2D eigenvalue weighted by Gasteiger charge is -2.37. The summed E-state index contributed by atoms with van der Waals surface area (Å²) in [5.74, 6) is 1.08. The Kier molecular flexibility index (Phi) is 4.11. The quantitative estimate of drug-likeness (QED) is 0.711. The van der Waals surface area contributed by atoms with E-state index >= 15 is 0 Å². The predicted octanol–water partition coefficient (Wildman–Crippen LogP) is 2.65. The van der Waals surface area contributed by atoms with Crippen molar-refractivity contribution in [2.24, 2.45) is 11.7 Å². The molecule has 14 heavy (non-hydrogen) atoms. The number of hydrogen-bond acceptors (Lipinski definition) is 2. The molecule has 2 nitrogen and oxygen atoms in total. The molecule has 2 N–H and O–H groups in total. The van der Waals surface area contributed by atoms with E-state index in [2.05, 4.69) is 13.8 Å². The first-order valence-corrected chi connectivity index (χ1v) is 5.82. The SMILES string of the molecule is CC(C)CCCC(=O)CC1(N)CCC1. The standard InChI is InChI=1S/C12H23NO/c1-10(2)5-3-6-11(14)9-12(13)7-4-8-12/h10H,3-9,13H2,1-2H3. The highest BCUT2D eigenvalue weighted by atomic mass is 16.1. The summed E-state index contributed by atoms with van der Waals surface area (Å²) in [5.41, 5.74) is 5.90. The van der Waals surface area contributed by atoms with E-state index in [0.29, 0.717) is 18.1 Å². The van der Waals surface area contributed by atoms with Crippen LogP contribution in [0.5, 0.6) is 0 Å². The number of nitrogens with two attached hydrogens (primary N) is 1. The fraction of sp³-hybridized carbons (Fsp3) is 0.917. The molecule has 82 valence electrons. The van der Waals surface area contributed by atoms with Crippen LogP contribution < -0.4 is 5.73 Å². The minimum absolute atomic E-state index is 0.116. The van der Waals surface area contributed by atoms with Crippen LogP contribution in [-0.2, 0) is 4.79 Å². The van der Waals surface area contributed by atoms with Crippen LogP contribution in [-0.4, -0.2) is 11.3 Å². The Labute approximate surface area is 87.2 Å². The number of Topliss-reactive ketones (excluding diaryl/α,β-unsaturated/α-hetero) is 1. The molecule has 1 aliphatic carbocycles. The van der Waals surface area contributed by atoms with Crippen molar-refractivity contribution in [2.45, 2.75) is 64.3 Å². The molecule has 0 atom stereocenters. The maximum atomic E-state index is 11.6. The monoisotopic (exact) mass is 197 g/mol. The van der Waals surface area contributed by atoms with Gasteiger partial charge in [-0.2, -0.15) is 0 Å². The number of ketones is 1. The first kappa shape index (κ1) is 11.7. The van der Waals surface area contributed by atoms with E-state index in [0.717, 1.165) is 32.1 Å². The summed E-state index contributed by atoms with van der Waals surface area (Å²) in [4.78, 5) is 11.6. The molecule has 1 fully saturated rings. The third kappa shape index (κ3) is 3.79. The van der Waals surface area contributed by atoms with Gasteiger partial charge in [0, 0.05) is 18.4 Å². The first-order valence-electron chi connectivity index (χ1n) is 5.82. The highest BCUT2D eigenvalue weighted by molar-refractivity contribution is 5.79. The van der Waals surface area contributed by atoms with Gasteiger partial charge in [0.1, 0.15) is 5.78 Å². The van der Waals surface area contributed by atoms with E-state index in [1.54, 1.807) is 0 Å². The average molecular weight is 197 g/mol. The van der Waals surface area contributed by atoms with Crippen LogP contribution in [0.15, 0.2) is 0 Å². The largest absolute Gasteiger partial charge is 0.325 e. The zero-order valence-corrected chi connectivity index (χ0v) is 9.51. The molecule has 0 aromatic rings. The van der Waals surface area contributed by atoms with Gasteiger partial charge in [-0.25, -0.2) is 0 Å². The van der Waals surface area contributed by atoms with Crippen molar-refractivity contribution in [1.82, 2.24) is 0 Å². The minimum atomic E-state index is -0.116. The Bertz CT molecular complexity index is 194. The second-order valence-electron chi connectivity index (χ2n) is 5.22. The molecule has 2 heteroatoms. The van der Waals surface area contributed by atoms with E-state index < -0.39 is 0 Å². The Morgan fingerprint density at radius 1 is 1.43 bits per heavy atom. The van der Waals surface area contributed by atoms with Crippen LogP contribution in [0.25, 0.3) is 0 Å². The Hall–Kier alpha value is -0.370. The maximum absolute atomic E-state index is 11.6. The molecule has 0 radical (unpaired) electrons. The summed E-state index contributed by atoms with van der Waals surface area (Å²) in [6.07, 6.45) is 6.83. The highest BCUT2D eigenvalue weighted by Gasteiger charge is 2.34. The molecule has 0 aliphatic heterocycles. The Morgan fingerprint density at radius 2 is 2.07 bits per heavy atom. The van der Waals surface area contributed by atoms with Gasteiger partial charge in [0.05, 0.1) is 0 Å². The normalized spacial score (nSPS) is 19.4. The fourth-order valence-corrected chi connectivity index (χ4v) is 2.00. The molecule has 1 aliphatic rings. The van der Waals surface area contributed by atoms with Crippen molar-refractivity contribution in [3.05, 3.63) is 0 Å². The van der Waals surface area contributed by atoms with Crippen LogP contribution in [0.4, 0.5) is 0 Å². The summed E-state index contributed by atoms with van der Waals surface area (Å²) >= 11 is 0. The molecule has 0 amide bonds. The van der Waals surface area contributed by atoms with Crippen molar-refractivity contribution in [3.63, 3.8) is 0 Å². The second kappa shape index (κ2) is 4.92. The van der Waals surface area contributed by atoms with Crippen LogP contribution in [0.3, 0.4) is 0 Å². The lowest BCUT2D eigenvalue weighted by molar-refractivity contribution is -0.121. The zero-order valence-electron chi connectivity index (χ0n) is 9.51. The molecule has 0 unspecified atom stereocenters. The van der Waals surface area contributed by atoms with E-state index in [4.69, 9.17) is 5.73 Å². The fourth-order valence-electron chi connectivity index (χ4n) is 2.00. The van der Waals surface area contributed by atoms with Gasteiger partial charge in [0.2, 0.25) is 0 Å². The Morgan fingerprint density at radius 3 is 2.50 bits per heavy atom. The molecule has 0 aromatic carbocycles. The molecule has 0 saturated heterocycles. The number of carbonyl (C=O) groups excluding carboxylic acids is 1. The lowest BCUT2D eigenvalue weighted by atomic mass is 9.74. The summed E-state index contributed by atoms with van der Waals surface area (Å²) < 4.78 is 0. The van der Waals surface area contributed by atoms with E-state index in [9.17, 15) is 4.79 Å². The molecule has 0 aromatic heterocycles. The smallest absolute Gasteiger partial charge is 0.134 e. The van der Waals surface area contributed by atoms with Gasteiger partial charge in [0.25, 0.3) is 0 Å². The minimum Gasteiger partial charge on any atom is -0.325 e. The van der Waals surface area contributed by atoms with Crippen molar-refractivity contribution >= 4 is 5.78 Å². The van der Waals surface area contributed by atoms with E-state index in [1.165, 1.54) is 6.42 Å². The van der Waals surface area contributed by atoms with Crippen LogP contribution in [0, 0.1) is 5.92 Å². The number of carbonyl (C=O) groups is 1. The van der Waals surface area contributed by atoms with Crippen LogP contribution in [0.2, 0.25) is 0 Å². The molecule has 0 spiro atoms. The zero-order chi connectivity index (χ0) is 10.6. The summed E-state index contributed by atoms with van der Waals surface area (Å²) in [7, 11) is 0. The first-order chi connectivity index (χ1) is 6.52. The van der Waals surface area contributed by atoms with Gasteiger partial charge in [-0.05, 0) is 31.6 Å². The molecule has 0 bridgehead atoms. The van der Waals surface area contributed by atoms with Crippen LogP contribution in [0.1, 0.15) is 58.8 Å². The third-order valence-electron chi connectivity index (χ3n) is 3.14. The molecular formula is C12H23NO. The molecule has 1 saturated carbocycles. The summed E-state index contributed by atoms with van der Waals surface area (Å²) in [6, 6.07) is 0. The van der Waals surface area contributed by atoms with Gasteiger partial charge in [0.15, 0.2) is 0 Å². The van der Waals surface area contributed by atoms with E-state index in [-0.39, 0.29) is 5.54 Å². The van der Waals surface area contributed by atoms with E-state index in [1.807, 2.05) is 0 Å². The maximum Gasteiger partial charge on any atom is 0.134 e. The highest BCUT2D eigenvalue weighted by Crippen LogP contribution is 2.32. The van der Waals surface area contributed by atoms with Crippen molar-refractivity contribution < 1.29 is 4.79 Å². The van der Waals surface area contributed by atoms with Crippen molar-refractivity contribution in [3.8, 4) is 0 Å². The van der Waals surface area contributed by atoms with Crippen LogP contribution >= 0.6 is 0 Å². The second-order valence-corrected chi connectivity index (χ2v) is 5.22. The van der Waals surface area contributed by atoms with Crippen molar-refractivity contribution in [2.75, 3.05) is 0 Å². The molecule has 1 rings (SSSR count). The van der Waals surface area contributed by atoms with Gasteiger partial charge in [-0.15, -0.1) is 0 Å².